The molecule has 0 unspecified atom stereocenters. The number of hydrogen-bond donors (Lipinski definition) is 0. The normalized spacial score (nSPS) is 17.9. The molecule has 0 fully saturated rings. The smallest absolute Gasteiger partial charge is 0.0849 e. The maximum atomic E-state index is 4.20. The summed E-state index contributed by atoms with van der Waals surface area (Å²) in [4.78, 5) is 6.48. The second-order valence-electron chi connectivity index (χ2n) is 2.45. The Bertz CT molecular complexity index is 114. The summed E-state index contributed by atoms with van der Waals surface area (Å²) >= 11 is 3.41. The van der Waals surface area contributed by atoms with Gasteiger partial charge in [0.25, 0.3) is 0 Å². The third-order valence-electron chi connectivity index (χ3n) is 1.56. The Morgan fingerprint density at radius 2 is 2.50 bits per heavy atom. The van der Waals surface area contributed by atoms with Gasteiger partial charge in [0.05, 0.1) is 6.34 Å². The summed E-state index contributed by atoms with van der Waals surface area (Å²) in [5.41, 5.74) is 0. The Balaban J connectivity index is 2.13. The van der Waals surface area contributed by atoms with Crippen molar-refractivity contribution in [2.24, 2.45) is 4.99 Å². The van der Waals surface area contributed by atoms with E-state index in [0.29, 0.717) is 0 Å². The molecule has 0 amide bonds. The maximum absolute atomic E-state index is 4.20. The lowest BCUT2D eigenvalue weighted by molar-refractivity contribution is 0.408. The predicted molar refractivity (Wildman–Crippen MR) is 48.0 cm³/mol. The van der Waals surface area contributed by atoms with Crippen LogP contribution in [0.1, 0.15) is 12.8 Å². The van der Waals surface area contributed by atoms with Gasteiger partial charge in [-0.3, -0.25) is 4.99 Å². The highest BCUT2D eigenvalue weighted by Gasteiger charge is 2.01. The van der Waals surface area contributed by atoms with Crippen molar-refractivity contribution in [2.75, 3.05) is 25.0 Å². The highest BCUT2D eigenvalue weighted by atomic mass is 79.9. The van der Waals surface area contributed by atoms with Crippen LogP contribution in [0.5, 0.6) is 0 Å². The fourth-order valence-electron chi connectivity index (χ4n) is 1.03. The molecule has 3 heteroatoms. The highest BCUT2D eigenvalue weighted by molar-refractivity contribution is 9.09. The van der Waals surface area contributed by atoms with Crippen molar-refractivity contribution in [1.82, 2.24) is 4.90 Å². The van der Waals surface area contributed by atoms with Gasteiger partial charge >= 0.3 is 0 Å². The molecule has 0 saturated heterocycles. The van der Waals surface area contributed by atoms with E-state index in [0.717, 1.165) is 18.4 Å². The molecule has 1 rings (SSSR count). The molecular weight excluding hydrogens is 192 g/mol. The minimum Gasteiger partial charge on any atom is -0.363 e. The molecule has 0 radical (unpaired) electrons. The fraction of sp³-hybridized carbons (Fsp3) is 0.857. The van der Waals surface area contributed by atoms with Crippen molar-refractivity contribution >= 4 is 22.3 Å². The van der Waals surface area contributed by atoms with E-state index in [1.807, 2.05) is 6.34 Å². The summed E-state index contributed by atoms with van der Waals surface area (Å²) in [6.45, 7) is 3.36. The Labute approximate surface area is 70.4 Å². The number of aliphatic imine (C=N–C) groups is 1. The van der Waals surface area contributed by atoms with Crippen LogP contribution in [-0.2, 0) is 0 Å². The van der Waals surface area contributed by atoms with Crippen LogP contribution < -0.4 is 0 Å². The first-order valence-corrected chi connectivity index (χ1v) is 4.85. The van der Waals surface area contributed by atoms with Gasteiger partial charge in [0, 0.05) is 25.0 Å². The number of hydrogen-bond acceptors (Lipinski definition) is 2. The van der Waals surface area contributed by atoms with E-state index in [1.54, 1.807) is 0 Å². The second-order valence-corrected chi connectivity index (χ2v) is 3.25. The molecule has 2 nitrogen and oxygen atoms in total. The minimum absolute atomic E-state index is 1.02. The van der Waals surface area contributed by atoms with E-state index in [2.05, 4.69) is 25.8 Å². The SMILES string of the molecule is BrCCCN1C=NCCC1. The summed E-state index contributed by atoms with van der Waals surface area (Å²) in [5.74, 6) is 0. The van der Waals surface area contributed by atoms with Crippen LogP contribution in [0.25, 0.3) is 0 Å². The van der Waals surface area contributed by atoms with E-state index in [1.165, 1.54) is 19.4 Å². The van der Waals surface area contributed by atoms with Crippen LogP contribution in [0.4, 0.5) is 0 Å². The van der Waals surface area contributed by atoms with Crippen molar-refractivity contribution in [3.05, 3.63) is 0 Å². The summed E-state index contributed by atoms with van der Waals surface area (Å²) in [6.07, 6.45) is 4.41. The standard InChI is InChI=1S/C7H13BrN2/c8-3-1-5-10-6-2-4-9-7-10/h7H,1-6H2. The van der Waals surface area contributed by atoms with Gasteiger partial charge in [-0.05, 0) is 12.8 Å². The predicted octanol–water partition coefficient (Wildman–Crippen LogP) is 1.51. The van der Waals surface area contributed by atoms with E-state index < -0.39 is 0 Å². The molecule has 0 atom stereocenters. The molecule has 0 aliphatic carbocycles. The zero-order valence-corrected chi connectivity index (χ0v) is 7.68. The first-order chi connectivity index (χ1) is 4.93. The summed E-state index contributed by atoms with van der Waals surface area (Å²) in [7, 11) is 0. The third-order valence-corrected chi connectivity index (χ3v) is 2.12. The summed E-state index contributed by atoms with van der Waals surface area (Å²) < 4.78 is 0. The van der Waals surface area contributed by atoms with Crippen molar-refractivity contribution < 1.29 is 0 Å². The molecule has 0 spiro atoms. The zero-order valence-electron chi connectivity index (χ0n) is 6.09. The van der Waals surface area contributed by atoms with Gasteiger partial charge in [0.1, 0.15) is 0 Å². The Morgan fingerprint density at radius 1 is 1.60 bits per heavy atom. The Kier molecular flexibility index (Phi) is 3.80. The monoisotopic (exact) mass is 204 g/mol. The summed E-state index contributed by atoms with van der Waals surface area (Å²) in [6, 6.07) is 0. The van der Waals surface area contributed by atoms with Crippen LogP contribution in [0.2, 0.25) is 0 Å². The number of alkyl halides is 1. The topological polar surface area (TPSA) is 15.6 Å². The van der Waals surface area contributed by atoms with Crippen molar-refractivity contribution in [2.45, 2.75) is 12.8 Å². The van der Waals surface area contributed by atoms with Gasteiger partial charge in [-0.2, -0.15) is 0 Å². The van der Waals surface area contributed by atoms with E-state index in [9.17, 15) is 0 Å². The molecule has 1 aliphatic rings. The minimum atomic E-state index is 1.02. The largest absolute Gasteiger partial charge is 0.363 e. The van der Waals surface area contributed by atoms with Crippen LogP contribution in [0, 0.1) is 0 Å². The first-order valence-electron chi connectivity index (χ1n) is 3.73. The lowest BCUT2D eigenvalue weighted by Crippen LogP contribution is -2.28. The van der Waals surface area contributed by atoms with E-state index in [4.69, 9.17) is 0 Å². The average molecular weight is 205 g/mol. The molecule has 0 saturated carbocycles. The van der Waals surface area contributed by atoms with Gasteiger partial charge in [-0.1, -0.05) is 15.9 Å². The van der Waals surface area contributed by atoms with Crippen molar-refractivity contribution in [3.8, 4) is 0 Å². The lowest BCUT2D eigenvalue weighted by atomic mass is 10.3. The maximum Gasteiger partial charge on any atom is 0.0849 e. The second kappa shape index (κ2) is 4.72. The molecule has 0 N–H and O–H groups in total. The molecule has 10 heavy (non-hydrogen) atoms. The molecule has 0 aromatic heterocycles. The van der Waals surface area contributed by atoms with Gasteiger partial charge in [-0.25, -0.2) is 0 Å². The van der Waals surface area contributed by atoms with Crippen LogP contribution in [-0.4, -0.2) is 36.2 Å². The molecule has 1 heterocycles. The third kappa shape index (κ3) is 2.69. The van der Waals surface area contributed by atoms with Crippen LogP contribution in [0.3, 0.4) is 0 Å². The molecular formula is C7H13BrN2. The highest BCUT2D eigenvalue weighted by Crippen LogP contribution is 1.98. The first kappa shape index (κ1) is 8.05. The van der Waals surface area contributed by atoms with Crippen LogP contribution in [0.15, 0.2) is 4.99 Å². The summed E-state index contributed by atoms with van der Waals surface area (Å²) in [5, 5.41) is 1.09. The quantitative estimate of drug-likeness (QED) is 0.637. The number of halogens is 1. The van der Waals surface area contributed by atoms with Gasteiger partial charge in [0.2, 0.25) is 0 Å². The van der Waals surface area contributed by atoms with Gasteiger partial charge in [0.15, 0.2) is 0 Å². The molecule has 0 aromatic carbocycles. The lowest BCUT2D eigenvalue weighted by Gasteiger charge is -2.21. The Hall–Kier alpha value is -0.0500. The van der Waals surface area contributed by atoms with Gasteiger partial charge < -0.3 is 4.90 Å². The fourth-order valence-corrected chi connectivity index (χ4v) is 1.28. The van der Waals surface area contributed by atoms with E-state index in [-0.39, 0.29) is 0 Å². The number of rotatable bonds is 3. The van der Waals surface area contributed by atoms with Crippen molar-refractivity contribution in [1.29, 1.82) is 0 Å². The molecule has 1 aliphatic heterocycles. The van der Waals surface area contributed by atoms with Crippen molar-refractivity contribution in [3.63, 3.8) is 0 Å². The zero-order chi connectivity index (χ0) is 7.23. The average Bonchev–Trinajstić information content (AvgIpc) is 2.03. The van der Waals surface area contributed by atoms with Crippen LogP contribution >= 0.6 is 15.9 Å². The molecule has 0 bridgehead atoms. The molecule has 0 aromatic rings. The number of nitrogens with zero attached hydrogens (tertiary/aromatic N) is 2. The van der Waals surface area contributed by atoms with Gasteiger partial charge in [-0.15, -0.1) is 0 Å². The molecule has 58 valence electrons. The Morgan fingerprint density at radius 3 is 3.10 bits per heavy atom. The van der Waals surface area contributed by atoms with E-state index >= 15 is 0 Å².